The van der Waals surface area contributed by atoms with Gasteiger partial charge in [-0.1, -0.05) is 29.5 Å². The molecule has 2 rings (SSSR count). The van der Waals surface area contributed by atoms with Gasteiger partial charge in [-0.05, 0) is 19.1 Å². The summed E-state index contributed by atoms with van der Waals surface area (Å²) in [7, 11) is 1.75. The Bertz CT molecular complexity index is 526. The fourth-order valence-corrected chi connectivity index (χ4v) is 2.22. The molecule has 1 aromatic carbocycles. The van der Waals surface area contributed by atoms with E-state index in [0.29, 0.717) is 16.7 Å². The molecule has 18 heavy (non-hydrogen) atoms. The second-order valence-electron chi connectivity index (χ2n) is 3.55. The summed E-state index contributed by atoms with van der Waals surface area (Å²) in [5.74, 6) is -0.123. The van der Waals surface area contributed by atoms with Crippen LogP contribution in [0.5, 0.6) is 0 Å². The first-order valence-electron chi connectivity index (χ1n) is 5.64. The Kier molecular flexibility index (Phi) is 3.88. The molecule has 1 amide bonds. The Morgan fingerprint density at radius 2 is 2.06 bits per heavy atom. The maximum atomic E-state index is 12.3. The van der Waals surface area contributed by atoms with Crippen LogP contribution in [0.1, 0.15) is 16.7 Å². The van der Waals surface area contributed by atoms with Gasteiger partial charge in [0.1, 0.15) is 0 Å². The number of anilines is 2. The Morgan fingerprint density at radius 1 is 1.33 bits per heavy atom. The molecule has 0 spiro atoms. The second-order valence-corrected chi connectivity index (χ2v) is 4.52. The molecule has 2 aromatic rings. The van der Waals surface area contributed by atoms with Gasteiger partial charge >= 0.3 is 0 Å². The van der Waals surface area contributed by atoms with E-state index >= 15 is 0 Å². The first kappa shape index (κ1) is 12.5. The first-order chi connectivity index (χ1) is 8.76. The van der Waals surface area contributed by atoms with Crippen LogP contribution in [0.3, 0.4) is 0 Å². The fraction of sp³-hybridized carbons (Fsp3) is 0.250. The van der Waals surface area contributed by atoms with Crippen LogP contribution in [0.25, 0.3) is 0 Å². The topological polar surface area (TPSA) is 58.1 Å². The first-order valence-corrected chi connectivity index (χ1v) is 6.46. The number of hydrogen-bond acceptors (Lipinski definition) is 5. The molecule has 0 unspecified atom stereocenters. The van der Waals surface area contributed by atoms with Crippen molar-refractivity contribution >= 4 is 28.1 Å². The molecule has 94 valence electrons. The number of benzene rings is 1. The lowest BCUT2D eigenvalue weighted by molar-refractivity contribution is 0.0987. The Morgan fingerprint density at radius 3 is 2.61 bits per heavy atom. The zero-order valence-electron chi connectivity index (χ0n) is 10.3. The van der Waals surface area contributed by atoms with Crippen molar-refractivity contribution in [1.29, 1.82) is 0 Å². The fourth-order valence-electron chi connectivity index (χ4n) is 1.58. The number of amides is 1. The summed E-state index contributed by atoms with van der Waals surface area (Å²) in [6.07, 6.45) is 0. The van der Waals surface area contributed by atoms with E-state index in [-0.39, 0.29) is 5.91 Å². The minimum Gasteiger partial charge on any atom is -0.363 e. The third-order valence-electron chi connectivity index (χ3n) is 2.45. The zero-order valence-corrected chi connectivity index (χ0v) is 11.1. The normalized spacial score (nSPS) is 10.1. The van der Waals surface area contributed by atoms with Crippen molar-refractivity contribution in [1.82, 2.24) is 10.2 Å². The van der Waals surface area contributed by atoms with Crippen LogP contribution < -0.4 is 10.2 Å². The van der Waals surface area contributed by atoms with Crippen molar-refractivity contribution in [3.63, 3.8) is 0 Å². The van der Waals surface area contributed by atoms with Crippen LogP contribution in [-0.4, -0.2) is 29.7 Å². The summed E-state index contributed by atoms with van der Waals surface area (Å²) >= 11 is 1.25. The van der Waals surface area contributed by atoms with E-state index in [4.69, 9.17) is 0 Å². The predicted molar refractivity (Wildman–Crippen MR) is 73.2 cm³/mol. The number of para-hydroxylation sites is 1. The van der Waals surface area contributed by atoms with E-state index in [0.717, 1.165) is 5.69 Å². The maximum Gasteiger partial charge on any atom is 0.289 e. The summed E-state index contributed by atoms with van der Waals surface area (Å²) in [6, 6.07) is 9.55. The SMILES string of the molecule is CCN(C(=O)c1nnc(NC)s1)c1ccccc1. The molecule has 1 N–H and O–H groups in total. The number of nitrogens with zero attached hydrogens (tertiary/aromatic N) is 3. The highest BCUT2D eigenvalue weighted by Gasteiger charge is 2.20. The summed E-state index contributed by atoms with van der Waals surface area (Å²) in [6.45, 7) is 2.53. The highest BCUT2D eigenvalue weighted by atomic mass is 32.1. The molecule has 6 heteroatoms. The lowest BCUT2D eigenvalue weighted by Gasteiger charge is -2.19. The maximum absolute atomic E-state index is 12.3. The summed E-state index contributed by atoms with van der Waals surface area (Å²) in [5.41, 5.74) is 0.867. The number of carbonyl (C=O) groups is 1. The summed E-state index contributed by atoms with van der Waals surface area (Å²) in [4.78, 5) is 14.0. The smallest absolute Gasteiger partial charge is 0.289 e. The molecular formula is C12H14N4OS. The molecular weight excluding hydrogens is 248 g/mol. The van der Waals surface area contributed by atoms with Gasteiger partial charge in [0.2, 0.25) is 10.1 Å². The number of aromatic nitrogens is 2. The zero-order chi connectivity index (χ0) is 13.0. The van der Waals surface area contributed by atoms with Gasteiger partial charge in [0, 0.05) is 19.3 Å². The molecule has 0 aliphatic heterocycles. The van der Waals surface area contributed by atoms with Gasteiger partial charge < -0.3 is 10.2 Å². The number of rotatable bonds is 4. The van der Waals surface area contributed by atoms with Crippen molar-refractivity contribution in [2.24, 2.45) is 0 Å². The van der Waals surface area contributed by atoms with Gasteiger partial charge in [-0.25, -0.2) is 0 Å². The molecule has 0 fully saturated rings. The van der Waals surface area contributed by atoms with Crippen LogP contribution in [-0.2, 0) is 0 Å². The van der Waals surface area contributed by atoms with Gasteiger partial charge in [-0.3, -0.25) is 4.79 Å². The predicted octanol–water partition coefficient (Wildman–Crippen LogP) is 2.25. The highest BCUT2D eigenvalue weighted by Crippen LogP contribution is 2.20. The Balaban J connectivity index is 2.25. The van der Waals surface area contributed by atoms with Crippen molar-refractivity contribution in [3.05, 3.63) is 35.3 Å². The van der Waals surface area contributed by atoms with Gasteiger partial charge in [0.25, 0.3) is 5.91 Å². The number of carbonyl (C=O) groups excluding carboxylic acids is 1. The van der Waals surface area contributed by atoms with Crippen molar-refractivity contribution < 1.29 is 4.79 Å². The van der Waals surface area contributed by atoms with Crippen molar-refractivity contribution in [2.45, 2.75) is 6.92 Å². The highest BCUT2D eigenvalue weighted by molar-refractivity contribution is 7.17. The lowest BCUT2D eigenvalue weighted by Crippen LogP contribution is -2.30. The van der Waals surface area contributed by atoms with Gasteiger partial charge in [0.15, 0.2) is 0 Å². The lowest BCUT2D eigenvalue weighted by atomic mass is 10.3. The molecule has 0 aliphatic carbocycles. The number of nitrogens with one attached hydrogen (secondary N) is 1. The average molecular weight is 262 g/mol. The average Bonchev–Trinajstić information content (AvgIpc) is 2.89. The van der Waals surface area contributed by atoms with E-state index in [1.54, 1.807) is 11.9 Å². The van der Waals surface area contributed by atoms with Crippen molar-refractivity contribution in [2.75, 3.05) is 23.8 Å². The van der Waals surface area contributed by atoms with Gasteiger partial charge in [0.05, 0.1) is 0 Å². The summed E-state index contributed by atoms with van der Waals surface area (Å²) in [5, 5.41) is 11.7. The van der Waals surface area contributed by atoms with Gasteiger partial charge in [-0.15, -0.1) is 10.2 Å². The molecule has 0 atom stereocenters. The molecule has 0 aliphatic rings. The van der Waals surface area contributed by atoms with Crippen LogP contribution in [0.4, 0.5) is 10.8 Å². The van der Waals surface area contributed by atoms with Gasteiger partial charge in [-0.2, -0.15) is 0 Å². The molecule has 1 heterocycles. The minimum absolute atomic E-state index is 0.123. The molecule has 0 saturated carbocycles. The molecule has 0 saturated heterocycles. The molecule has 0 radical (unpaired) electrons. The van der Waals surface area contributed by atoms with E-state index in [1.807, 2.05) is 37.3 Å². The molecule has 5 nitrogen and oxygen atoms in total. The van der Waals surface area contributed by atoms with E-state index in [9.17, 15) is 4.79 Å². The minimum atomic E-state index is -0.123. The Labute approximate surface area is 109 Å². The molecule has 0 bridgehead atoms. The summed E-state index contributed by atoms with van der Waals surface area (Å²) < 4.78 is 0. The largest absolute Gasteiger partial charge is 0.363 e. The van der Waals surface area contributed by atoms with Crippen LogP contribution in [0, 0.1) is 0 Å². The van der Waals surface area contributed by atoms with E-state index in [2.05, 4.69) is 15.5 Å². The third kappa shape index (κ3) is 2.48. The van der Waals surface area contributed by atoms with Crippen LogP contribution in [0.15, 0.2) is 30.3 Å². The van der Waals surface area contributed by atoms with Crippen LogP contribution in [0.2, 0.25) is 0 Å². The standard InChI is InChI=1S/C12H14N4OS/c1-3-16(9-7-5-4-6-8-9)11(17)10-14-15-12(13-2)18-10/h4-8H,3H2,1-2H3,(H,13,15). The van der Waals surface area contributed by atoms with E-state index < -0.39 is 0 Å². The second kappa shape index (κ2) is 5.59. The quantitative estimate of drug-likeness (QED) is 0.918. The van der Waals surface area contributed by atoms with E-state index in [1.165, 1.54) is 11.3 Å². The molecule has 1 aromatic heterocycles. The third-order valence-corrected chi connectivity index (χ3v) is 3.38. The van der Waals surface area contributed by atoms with Crippen molar-refractivity contribution in [3.8, 4) is 0 Å². The van der Waals surface area contributed by atoms with Crippen LogP contribution >= 0.6 is 11.3 Å². The number of hydrogen-bond donors (Lipinski definition) is 1. The monoisotopic (exact) mass is 262 g/mol. The Hall–Kier alpha value is -1.95.